The lowest BCUT2D eigenvalue weighted by Gasteiger charge is -2.39. The van der Waals surface area contributed by atoms with Crippen LogP contribution in [0.3, 0.4) is 0 Å². The van der Waals surface area contributed by atoms with Gasteiger partial charge in [0.25, 0.3) is 5.91 Å². The number of benzene rings is 2. The first-order valence-electron chi connectivity index (χ1n) is 13.1. The maximum atomic E-state index is 13.9. The number of fused-ring (bicyclic) bond motifs is 1. The molecule has 0 spiro atoms. The second-order valence-electron chi connectivity index (χ2n) is 10.3. The largest absolute Gasteiger partial charge is 0.424 e. The maximum Gasteiger partial charge on any atom is 0.424 e. The van der Waals surface area contributed by atoms with E-state index in [0.29, 0.717) is 11.8 Å². The predicted octanol–water partition coefficient (Wildman–Crippen LogP) is 5.58. The van der Waals surface area contributed by atoms with Crippen molar-refractivity contribution in [3.8, 4) is 0 Å². The molecule has 1 amide bonds. The van der Waals surface area contributed by atoms with Crippen LogP contribution < -0.4 is 5.32 Å². The third-order valence-electron chi connectivity index (χ3n) is 7.71. The highest BCUT2D eigenvalue weighted by molar-refractivity contribution is 6.08. The zero-order chi connectivity index (χ0) is 29.5. The summed E-state index contributed by atoms with van der Waals surface area (Å²) in [5, 5.41) is 12.5. The zero-order valence-electron chi connectivity index (χ0n) is 22.0. The number of allylic oxidation sites excluding steroid dienone is 4. The van der Waals surface area contributed by atoms with Gasteiger partial charge < -0.3 is 10.4 Å². The molecule has 0 radical (unpaired) electrons. The highest BCUT2D eigenvalue weighted by atomic mass is 19.4. The summed E-state index contributed by atoms with van der Waals surface area (Å²) in [7, 11) is 0. The van der Waals surface area contributed by atoms with E-state index in [0.717, 1.165) is 68.4 Å². The van der Waals surface area contributed by atoms with Gasteiger partial charge in [-0.15, -0.1) is 0 Å². The van der Waals surface area contributed by atoms with Gasteiger partial charge in [0, 0.05) is 54.6 Å². The van der Waals surface area contributed by atoms with Gasteiger partial charge in [-0.2, -0.15) is 26.3 Å². The van der Waals surface area contributed by atoms with E-state index in [1.807, 2.05) is 22.8 Å². The van der Waals surface area contributed by atoms with Gasteiger partial charge in [0.2, 0.25) is 0 Å². The molecule has 41 heavy (non-hydrogen) atoms. The topological polar surface area (TPSA) is 55.8 Å². The molecular weight excluding hydrogens is 548 g/mol. The molecule has 2 atom stereocenters. The number of hydrogen-bond acceptors (Lipinski definition) is 4. The molecule has 1 aliphatic heterocycles. The molecule has 1 heterocycles. The first-order valence-corrected chi connectivity index (χ1v) is 13.1. The van der Waals surface area contributed by atoms with E-state index in [-0.39, 0.29) is 17.2 Å². The molecule has 0 bridgehead atoms. The van der Waals surface area contributed by atoms with Crippen LogP contribution in [0.15, 0.2) is 65.6 Å². The van der Waals surface area contributed by atoms with Crippen molar-refractivity contribution in [2.75, 3.05) is 31.5 Å². The van der Waals surface area contributed by atoms with E-state index in [4.69, 9.17) is 0 Å². The second-order valence-corrected chi connectivity index (χ2v) is 10.3. The minimum Gasteiger partial charge on any atom is -0.379 e. The number of carbonyl (C=O) groups is 1. The predicted molar refractivity (Wildman–Crippen MR) is 141 cm³/mol. The van der Waals surface area contributed by atoms with Crippen LogP contribution in [0.25, 0.3) is 5.57 Å². The smallest absolute Gasteiger partial charge is 0.379 e. The summed E-state index contributed by atoms with van der Waals surface area (Å²) in [6.45, 7) is 4.92. The van der Waals surface area contributed by atoms with E-state index in [2.05, 4.69) is 15.9 Å². The lowest BCUT2D eigenvalue weighted by atomic mass is 9.92. The quantitative estimate of drug-likeness (QED) is 0.362. The Morgan fingerprint density at radius 1 is 0.951 bits per heavy atom. The second kappa shape index (κ2) is 11.0. The number of amides is 1. The molecular formula is C30H27F6N3O2. The molecule has 5 nitrogen and oxygen atoms in total. The average molecular weight is 576 g/mol. The Balaban J connectivity index is 1.39. The van der Waals surface area contributed by atoms with Gasteiger partial charge in [0.05, 0.1) is 5.56 Å². The van der Waals surface area contributed by atoms with Gasteiger partial charge in [0.1, 0.15) is 11.8 Å². The number of nitrogens with zero attached hydrogens (tertiary/aromatic N) is 2. The lowest BCUT2D eigenvalue weighted by molar-refractivity contribution is -0.137. The fourth-order valence-electron chi connectivity index (χ4n) is 5.57. The summed E-state index contributed by atoms with van der Waals surface area (Å²) in [5.74, 6) is -0.830. The van der Waals surface area contributed by atoms with Crippen molar-refractivity contribution in [1.82, 2.24) is 9.80 Å². The Bertz CT molecular complexity index is 1490. The molecule has 1 saturated heterocycles. The van der Waals surface area contributed by atoms with Crippen molar-refractivity contribution in [1.29, 1.82) is 0 Å². The summed E-state index contributed by atoms with van der Waals surface area (Å²) in [6, 6.07) is 8.71. The summed E-state index contributed by atoms with van der Waals surface area (Å²) in [6.07, 6.45) is -7.05. The van der Waals surface area contributed by atoms with E-state index >= 15 is 0 Å². The van der Waals surface area contributed by atoms with Crippen LogP contribution >= 0.6 is 0 Å². The van der Waals surface area contributed by atoms with Crippen LogP contribution in [0.5, 0.6) is 0 Å². The van der Waals surface area contributed by atoms with Crippen LogP contribution in [0.1, 0.15) is 39.5 Å². The molecule has 11 heteroatoms. The van der Waals surface area contributed by atoms with Gasteiger partial charge >= 0.3 is 12.4 Å². The standard InChI is InChI=1S/C30H27F6N3O2/c1-18(40)38-11-13-39(14-12-38)24-16-20-7-10-23(15-21(20)17-24)37-28(41)25-3-2-4-26(30(34,35)36)27(25)19-5-8-22(9-6-19)29(31,32)33/h2-5,7-8,10,15,18,24,40H,11-14,16-17H2,1H3,(H,37,41). The molecule has 0 aromatic heterocycles. The first-order chi connectivity index (χ1) is 19.3. The molecule has 2 N–H and O–H groups in total. The van der Waals surface area contributed by atoms with Gasteiger partial charge in [-0.1, -0.05) is 23.6 Å². The number of piperazine rings is 1. The van der Waals surface area contributed by atoms with Crippen molar-refractivity contribution in [2.45, 2.75) is 44.4 Å². The fourth-order valence-corrected chi connectivity index (χ4v) is 5.57. The Hall–Kier alpha value is -3.59. The third-order valence-corrected chi connectivity index (χ3v) is 7.71. The molecule has 2 aromatic rings. The number of hydrogen-bond donors (Lipinski definition) is 2. The number of nitrogens with one attached hydrogen (secondary N) is 1. The van der Waals surface area contributed by atoms with E-state index in [1.165, 1.54) is 6.07 Å². The van der Waals surface area contributed by atoms with Crippen molar-refractivity contribution >= 4 is 17.2 Å². The first kappa shape index (κ1) is 28.9. The van der Waals surface area contributed by atoms with Crippen LogP contribution in [0, 0.1) is 0 Å². The van der Waals surface area contributed by atoms with Crippen LogP contribution in [0.2, 0.25) is 0 Å². The van der Waals surface area contributed by atoms with Crippen LogP contribution in [-0.2, 0) is 19.0 Å². The third kappa shape index (κ3) is 6.20. The highest BCUT2D eigenvalue weighted by Crippen LogP contribution is 2.39. The van der Waals surface area contributed by atoms with E-state index in [9.17, 15) is 36.2 Å². The number of aliphatic hydroxyl groups is 1. The molecule has 2 unspecified atom stereocenters. The molecule has 216 valence electrons. The van der Waals surface area contributed by atoms with Crippen LogP contribution in [0.4, 0.5) is 32.0 Å². The summed E-state index contributed by atoms with van der Waals surface area (Å²) < 4.78 is 80.8. The molecule has 0 saturated carbocycles. The monoisotopic (exact) mass is 575 g/mol. The van der Waals surface area contributed by atoms with E-state index in [1.54, 1.807) is 13.0 Å². The Morgan fingerprint density at radius 2 is 1.66 bits per heavy atom. The number of alkyl halides is 6. The number of aliphatic hydroxyl groups excluding tert-OH is 1. The van der Waals surface area contributed by atoms with Gasteiger partial charge in [-0.05, 0) is 67.3 Å². The van der Waals surface area contributed by atoms with Gasteiger partial charge in [-0.3, -0.25) is 14.6 Å². The number of halogens is 6. The Labute approximate surface area is 232 Å². The normalized spacial score (nSPS) is 20.4. The van der Waals surface area contributed by atoms with Gasteiger partial charge in [-0.25, -0.2) is 0 Å². The minimum atomic E-state index is -4.87. The van der Waals surface area contributed by atoms with Crippen molar-refractivity contribution in [3.05, 3.63) is 93.4 Å². The molecule has 3 aliphatic rings. The Kier molecular flexibility index (Phi) is 7.76. The average Bonchev–Trinajstić information content (AvgIpc) is 3.35. The number of carbonyl (C=O) groups excluding carboxylic acids is 1. The van der Waals surface area contributed by atoms with Crippen LogP contribution in [-0.4, -0.2) is 65.4 Å². The van der Waals surface area contributed by atoms with E-state index < -0.39 is 41.2 Å². The highest BCUT2D eigenvalue weighted by Gasteiger charge is 2.37. The molecule has 2 aromatic carbocycles. The van der Waals surface area contributed by atoms with Crippen molar-refractivity contribution < 1.29 is 36.2 Å². The molecule has 1 fully saturated rings. The van der Waals surface area contributed by atoms with Gasteiger partial charge in [0.15, 0.2) is 0 Å². The summed E-state index contributed by atoms with van der Waals surface area (Å²) in [4.78, 5) is 17.7. The number of anilines is 1. The number of rotatable bonds is 5. The molecule has 2 aliphatic carbocycles. The minimum absolute atomic E-state index is 0.272. The molecule has 5 rings (SSSR count). The maximum absolute atomic E-state index is 13.9. The SMILES string of the molecule is CC(O)N1CCN(C2Cc3ccc(NC(=O)c4cccc(C(F)(F)F)c4C4=C=C=C(C(F)(F)F)C=C4)cc3C2)CC1. The van der Waals surface area contributed by atoms with Crippen molar-refractivity contribution in [2.24, 2.45) is 0 Å². The van der Waals surface area contributed by atoms with Crippen molar-refractivity contribution in [3.63, 3.8) is 0 Å². The Morgan fingerprint density at radius 3 is 2.27 bits per heavy atom. The summed E-state index contributed by atoms with van der Waals surface area (Å²) in [5.41, 5.74) is 2.99. The lowest BCUT2D eigenvalue weighted by Crippen LogP contribution is -2.52. The zero-order valence-corrected chi connectivity index (χ0v) is 22.0. The fraction of sp³-hybridized carbons (Fsp3) is 0.367. The summed E-state index contributed by atoms with van der Waals surface area (Å²) >= 11 is 0.